The standard InChI is InChI=1S/C58H75N17O12/c1-31(2)19-43(53(82)75-48(57(86)87)24-37-28-63-30-67-37)71-55(84)46(22-35-26-65-41-8-5-4-7-40(35)41)73-51(80)42(9-6-18-64-58(60)61)70-50(79)32(3)68-52(81)45(21-34-12-16-39(77)17-13-34)72-56(85)47(23-36-27-62-29-66-36)74-54(83)44(69-49(78)25-59)20-33-10-14-38(76)15-11-33/h4-5,7-8,10-17,26-32,42-48,65,76-77H,6,9,18-25,59H2,1-3H3,(H,62,66)(H,63,67)(H,68,81)(H,69,78)(H,70,79)(H,71,84)(H,72,85)(H,73,80)(H,74,83)(H,75,82)(H,86,87)(H4,60,61,64)/t32-,42-,43-,44-,45-,46-,47-,48-/m0/s1. The van der Waals surface area contributed by atoms with Gasteiger partial charge in [0.2, 0.25) is 47.3 Å². The molecule has 464 valence electrons. The van der Waals surface area contributed by atoms with Crippen LogP contribution in [0.25, 0.3) is 10.9 Å². The van der Waals surface area contributed by atoms with Crippen molar-refractivity contribution in [2.45, 2.75) is 120 Å². The molecule has 0 radical (unpaired) electrons. The van der Waals surface area contributed by atoms with Crippen LogP contribution in [-0.4, -0.2) is 161 Å². The lowest BCUT2D eigenvalue weighted by Gasteiger charge is -2.28. The normalized spacial score (nSPS) is 13.9. The summed E-state index contributed by atoms with van der Waals surface area (Å²) in [4.78, 5) is 146. The first-order valence-electron chi connectivity index (χ1n) is 28.0. The summed E-state index contributed by atoms with van der Waals surface area (Å²) >= 11 is 0. The lowest BCUT2D eigenvalue weighted by atomic mass is 9.99. The smallest absolute Gasteiger partial charge is 0.326 e. The first-order chi connectivity index (χ1) is 41.5. The number of amides is 8. The van der Waals surface area contributed by atoms with Gasteiger partial charge in [0.25, 0.3) is 0 Å². The Kier molecular flexibility index (Phi) is 24.3. The van der Waals surface area contributed by atoms with Crippen molar-refractivity contribution in [2.75, 3.05) is 13.1 Å². The average Bonchev–Trinajstić information content (AvgIpc) is 2.93. The number of aromatic amines is 3. The second-order valence-corrected chi connectivity index (χ2v) is 21.2. The Balaban J connectivity index is 1.24. The van der Waals surface area contributed by atoms with E-state index >= 15 is 0 Å². The highest BCUT2D eigenvalue weighted by Crippen LogP contribution is 2.21. The van der Waals surface area contributed by atoms with Crippen molar-refractivity contribution in [1.29, 1.82) is 0 Å². The van der Waals surface area contributed by atoms with Crippen molar-refractivity contribution in [1.82, 2.24) is 67.5 Å². The molecule has 6 rings (SSSR count). The summed E-state index contributed by atoms with van der Waals surface area (Å²) in [6.07, 6.45) is 6.53. The summed E-state index contributed by atoms with van der Waals surface area (Å²) in [5.41, 5.74) is 19.9. The van der Waals surface area contributed by atoms with E-state index in [0.717, 1.165) is 10.9 Å². The topological polar surface area (TPSA) is 474 Å². The fourth-order valence-corrected chi connectivity index (χ4v) is 9.29. The molecular weight excluding hydrogens is 1130 g/mol. The average molecular weight is 1200 g/mol. The van der Waals surface area contributed by atoms with Gasteiger partial charge in [0.1, 0.15) is 59.8 Å². The maximum absolute atomic E-state index is 14.7. The quantitative estimate of drug-likeness (QED) is 0.0128. The van der Waals surface area contributed by atoms with E-state index in [4.69, 9.17) is 17.2 Å². The number of guanidine groups is 1. The number of carbonyl (C=O) groups is 9. The summed E-state index contributed by atoms with van der Waals surface area (Å²) in [7, 11) is 0. The number of hydrogen-bond donors (Lipinski definition) is 17. The maximum atomic E-state index is 14.7. The molecule has 0 aliphatic rings. The molecule has 0 unspecified atom stereocenters. The van der Waals surface area contributed by atoms with Crippen LogP contribution >= 0.6 is 0 Å². The van der Waals surface area contributed by atoms with E-state index < -0.39 is 108 Å². The Labute approximate surface area is 499 Å². The van der Waals surface area contributed by atoms with Gasteiger partial charge < -0.3 is 90.0 Å². The molecule has 3 aromatic carbocycles. The number of carbonyl (C=O) groups excluding carboxylic acids is 8. The first kappa shape index (κ1) is 65.8. The van der Waals surface area contributed by atoms with Crippen LogP contribution in [0.1, 0.15) is 68.1 Å². The number of para-hydroxylation sites is 1. The van der Waals surface area contributed by atoms with Gasteiger partial charge in [0, 0.05) is 79.5 Å². The summed E-state index contributed by atoms with van der Waals surface area (Å²) < 4.78 is 0. The molecule has 0 spiro atoms. The van der Waals surface area contributed by atoms with Gasteiger partial charge in [0.05, 0.1) is 19.2 Å². The lowest BCUT2D eigenvalue weighted by molar-refractivity contribution is -0.142. The number of imidazole rings is 2. The molecule has 20 N–H and O–H groups in total. The number of phenols is 2. The molecule has 0 aliphatic heterocycles. The van der Waals surface area contributed by atoms with Crippen LogP contribution in [0.4, 0.5) is 0 Å². The van der Waals surface area contributed by atoms with Crippen LogP contribution in [0.2, 0.25) is 0 Å². The number of nitrogens with one attached hydrogen (secondary N) is 11. The van der Waals surface area contributed by atoms with Gasteiger partial charge in [-0.3, -0.25) is 43.3 Å². The predicted molar refractivity (Wildman–Crippen MR) is 317 cm³/mol. The highest BCUT2D eigenvalue weighted by molar-refractivity contribution is 5.98. The van der Waals surface area contributed by atoms with Crippen molar-refractivity contribution >= 4 is 70.1 Å². The third-order valence-corrected chi connectivity index (χ3v) is 13.8. The van der Waals surface area contributed by atoms with Crippen LogP contribution in [0.15, 0.2) is 109 Å². The Morgan fingerprint density at radius 3 is 1.52 bits per heavy atom. The maximum Gasteiger partial charge on any atom is 0.326 e. The van der Waals surface area contributed by atoms with Gasteiger partial charge in [-0.25, -0.2) is 14.8 Å². The summed E-state index contributed by atoms with van der Waals surface area (Å²) in [6.45, 7) is 4.48. The Hall–Kier alpha value is -10.3. The first-order valence-corrected chi connectivity index (χ1v) is 28.0. The zero-order chi connectivity index (χ0) is 63.2. The molecule has 3 aromatic heterocycles. The van der Waals surface area contributed by atoms with E-state index in [1.807, 2.05) is 12.1 Å². The predicted octanol–water partition coefficient (Wildman–Crippen LogP) is -1.42. The minimum atomic E-state index is -1.47. The number of aromatic nitrogens is 5. The summed E-state index contributed by atoms with van der Waals surface area (Å²) in [5, 5.41) is 51.9. The van der Waals surface area contributed by atoms with E-state index in [-0.39, 0.29) is 81.3 Å². The van der Waals surface area contributed by atoms with Gasteiger partial charge in [-0.15, -0.1) is 0 Å². The summed E-state index contributed by atoms with van der Waals surface area (Å²) in [6, 6.07) is 7.72. The number of H-pyrrole nitrogens is 3. The molecule has 87 heavy (non-hydrogen) atoms. The number of fused-ring (bicyclic) bond motifs is 1. The Morgan fingerprint density at radius 1 is 0.540 bits per heavy atom. The van der Waals surface area contributed by atoms with Crippen molar-refractivity contribution in [3.8, 4) is 11.5 Å². The molecule has 8 atom stereocenters. The Bertz CT molecular complexity index is 3310. The minimum absolute atomic E-state index is 0.0130. The van der Waals surface area contributed by atoms with E-state index in [2.05, 4.69) is 72.4 Å². The van der Waals surface area contributed by atoms with Crippen LogP contribution in [-0.2, 0) is 75.3 Å². The van der Waals surface area contributed by atoms with E-state index in [1.54, 1.807) is 44.3 Å². The van der Waals surface area contributed by atoms with Crippen molar-refractivity contribution < 1.29 is 58.5 Å². The fourth-order valence-electron chi connectivity index (χ4n) is 9.29. The zero-order valence-corrected chi connectivity index (χ0v) is 48.2. The van der Waals surface area contributed by atoms with Crippen molar-refractivity contribution in [2.24, 2.45) is 28.1 Å². The van der Waals surface area contributed by atoms with Crippen LogP contribution in [0.5, 0.6) is 11.5 Å². The molecule has 8 amide bonds. The van der Waals surface area contributed by atoms with E-state index in [1.165, 1.54) is 68.4 Å². The number of aliphatic imine (C=N–C) groups is 1. The van der Waals surface area contributed by atoms with Crippen molar-refractivity contribution in [3.63, 3.8) is 0 Å². The van der Waals surface area contributed by atoms with Gasteiger partial charge in [-0.2, -0.15) is 0 Å². The molecule has 3 heterocycles. The number of aliphatic carboxylic acids is 1. The number of rotatable bonds is 33. The summed E-state index contributed by atoms with van der Waals surface area (Å²) in [5.74, 6) is -8.51. The second-order valence-electron chi connectivity index (χ2n) is 21.2. The molecule has 0 bridgehead atoms. The number of aromatic hydroxyl groups is 2. The third kappa shape index (κ3) is 20.8. The highest BCUT2D eigenvalue weighted by atomic mass is 16.4. The molecule has 0 fully saturated rings. The monoisotopic (exact) mass is 1200 g/mol. The molecule has 0 saturated carbocycles. The van der Waals surface area contributed by atoms with Gasteiger partial charge in [-0.05, 0) is 79.1 Å². The molecule has 0 aliphatic carbocycles. The number of nitrogens with two attached hydrogens (primary N) is 3. The van der Waals surface area contributed by atoms with Gasteiger partial charge in [0.15, 0.2) is 5.96 Å². The van der Waals surface area contributed by atoms with Crippen LogP contribution < -0.4 is 59.7 Å². The molecule has 6 aromatic rings. The number of benzene rings is 3. The molecule has 29 nitrogen and oxygen atoms in total. The molecule has 29 heteroatoms. The number of hydrogen-bond acceptors (Lipinski definition) is 15. The van der Waals surface area contributed by atoms with E-state index in [0.29, 0.717) is 28.1 Å². The van der Waals surface area contributed by atoms with Gasteiger partial charge in [-0.1, -0.05) is 56.3 Å². The fraction of sp³-hybridized carbons (Fsp3) is 0.379. The zero-order valence-electron chi connectivity index (χ0n) is 48.2. The number of carboxylic acid groups (broad SMARTS) is 1. The van der Waals surface area contributed by atoms with Crippen LogP contribution in [0.3, 0.4) is 0 Å². The van der Waals surface area contributed by atoms with Crippen molar-refractivity contribution in [3.05, 3.63) is 132 Å². The number of nitrogens with zero attached hydrogens (tertiary/aromatic N) is 3. The Morgan fingerprint density at radius 2 is 1.00 bits per heavy atom. The number of phenolic OH excluding ortho intramolecular Hbond substituents is 2. The largest absolute Gasteiger partial charge is 0.508 e. The highest BCUT2D eigenvalue weighted by Gasteiger charge is 2.35. The second kappa shape index (κ2) is 32.1. The van der Waals surface area contributed by atoms with Gasteiger partial charge >= 0.3 is 5.97 Å². The number of carboxylic acids is 1. The minimum Gasteiger partial charge on any atom is -0.508 e. The molecular formula is C58H75N17O12. The molecule has 0 saturated heterocycles. The SMILES string of the molecule is CC(C)C[C@H](NC(=O)[C@H](Cc1c[nH]c2ccccc12)NC(=O)[C@H](CCCN=C(N)N)NC(=O)[C@H](C)NC(=O)[C@H](Cc1ccc(O)cc1)NC(=O)[C@H](Cc1cnc[nH]1)NC(=O)[C@H](Cc1ccc(O)cc1)NC(=O)CN)C(=O)N[C@@H](Cc1cnc[nH]1)C(=O)O. The van der Waals surface area contributed by atoms with Crippen LogP contribution in [0, 0.1) is 5.92 Å². The third-order valence-electron chi connectivity index (χ3n) is 13.8. The van der Waals surface area contributed by atoms with E-state index in [9.17, 15) is 58.5 Å². The lowest BCUT2D eigenvalue weighted by Crippen LogP contribution is -2.60.